The van der Waals surface area contributed by atoms with Crippen molar-refractivity contribution in [1.82, 2.24) is 0 Å². The van der Waals surface area contributed by atoms with E-state index in [1.54, 1.807) is 0 Å². The number of hydrogen-bond acceptors (Lipinski definition) is 3. The Bertz CT molecular complexity index is 924. The molecular weight excluding hydrogens is 312 g/mol. The van der Waals surface area contributed by atoms with Crippen molar-refractivity contribution >= 4 is 22.8 Å². The summed E-state index contributed by atoms with van der Waals surface area (Å²) in [7, 11) is 0. The van der Waals surface area contributed by atoms with Gasteiger partial charge in [-0.3, -0.25) is 4.79 Å². The monoisotopic (exact) mass is 332 g/mol. The minimum Gasteiger partial charge on any atom is -0.493 e. The van der Waals surface area contributed by atoms with E-state index in [1.165, 1.54) is 16.3 Å². The van der Waals surface area contributed by atoms with E-state index in [-0.39, 0.29) is 29.6 Å². The summed E-state index contributed by atoms with van der Waals surface area (Å²) in [5.41, 5.74) is 2.47. The molecule has 2 aromatic rings. The lowest BCUT2D eigenvalue weighted by Crippen LogP contribution is -2.33. The second-order valence-electron chi connectivity index (χ2n) is 7.03. The molecule has 4 unspecified atom stereocenters. The van der Waals surface area contributed by atoms with Gasteiger partial charge in [0.25, 0.3) is 0 Å². The van der Waals surface area contributed by atoms with Crippen molar-refractivity contribution in [3.63, 3.8) is 0 Å². The van der Waals surface area contributed by atoms with Gasteiger partial charge in [0.1, 0.15) is 5.75 Å². The second-order valence-corrected chi connectivity index (χ2v) is 7.03. The number of carbonyl (C=O) groups excluding carboxylic acids is 1. The summed E-state index contributed by atoms with van der Waals surface area (Å²) in [5.74, 6) is 1.29. The third kappa shape index (κ3) is 2.08. The highest BCUT2D eigenvalue weighted by Crippen LogP contribution is 2.54. The average molecular weight is 332 g/mol. The van der Waals surface area contributed by atoms with E-state index >= 15 is 0 Å². The predicted molar refractivity (Wildman–Crippen MR) is 97.2 cm³/mol. The Labute approximate surface area is 146 Å². The van der Waals surface area contributed by atoms with Crippen LogP contribution in [0.25, 0.3) is 16.8 Å². The van der Waals surface area contributed by atoms with Crippen LogP contribution in [-0.4, -0.2) is 19.2 Å². The molecule has 5 rings (SSSR count). The molecule has 0 saturated heterocycles. The van der Waals surface area contributed by atoms with Crippen LogP contribution in [0.3, 0.4) is 0 Å². The maximum atomic E-state index is 12.5. The minimum absolute atomic E-state index is 0.0883. The number of allylic oxidation sites excluding steroid dienone is 3. The maximum Gasteiger partial charge on any atom is 0.310 e. The van der Waals surface area contributed by atoms with Crippen LogP contribution in [0.2, 0.25) is 0 Å². The molecule has 1 saturated carbocycles. The Balaban J connectivity index is 1.66. The molecule has 3 aliphatic rings. The van der Waals surface area contributed by atoms with Crippen LogP contribution in [0.5, 0.6) is 5.75 Å². The third-order valence-electron chi connectivity index (χ3n) is 5.84. The van der Waals surface area contributed by atoms with Crippen LogP contribution in [0.15, 0.2) is 54.1 Å². The number of fused-ring (bicyclic) bond motifs is 3. The van der Waals surface area contributed by atoms with Crippen LogP contribution in [0, 0.1) is 23.7 Å². The molecule has 2 aromatic carbocycles. The van der Waals surface area contributed by atoms with Crippen LogP contribution >= 0.6 is 0 Å². The van der Waals surface area contributed by atoms with E-state index in [0.717, 1.165) is 11.3 Å². The fraction of sp³-hybridized carbons (Fsp3) is 0.318. The second kappa shape index (κ2) is 5.48. The Morgan fingerprint density at radius 2 is 2.00 bits per heavy atom. The molecule has 126 valence electrons. The summed E-state index contributed by atoms with van der Waals surface area (Å²) in [5, 5.41) is 2.41. The smallest absolute Gasteiger partial charge is 0.310 e. The van der Waals surface area contributed by atoms with E-state index in [1.807, 2.05) is 13.0 Å². The molecule has 4 bridgehead atoms. The van der Waals surface area contributed by atoms with Gasteiger partial charge in [0, 0.05) is 23.3 Å². The van der Waals surface area contributed by atoms with Gasteiger partial charge >= 0.3 is 5.97 Å². The number of carbonyl (C=O) groups is 1. The van der Waals surface area contributed by atoms with Crippen molar-refractivity contribution in [2.75, 3.05) is 13.2 Å². The first kappa shape index (κ1) is 14.8. The molecular formula is C22H20O3. The highest BCUT2D eigenvalue weighted by molar-refractivity contribution is 5.94. The van der Waals surface area contributed by atoms with Crippen molar-refractivity contribution in [3.05, 3.63) is 59.7 Å². The van der Waals surface area contributed by atoms with Gasteiger partial charge in [-0.1, -0.05) is 54.1 Å². The molecule has 4 atom stereocenters. The first-order valence-corrected chi connectivity index (χ1v) is 8.99. The maximum absolute atomic E-state index is 12.5. The molecule has 3 heteroatoms. The SMILES string of the molecule is CCOC(=O)C1C2C=CC3/C2=C/c2c(ccc4ccccc24)OCC31. The summed E-state index contributed by atoms with van der Waals surface area (Å²) in [6.07, 6.45) is 6.69. The zero-order valence-electron chi connectivity index (χ0n) is 14.1. The van der Waals surface area contributed by atoms with Crippen molar-refractivity contribution in [2.45, 2.75) is 6.92 Å². The molecule has 0 aromatic heterocycles. The van der Waals surface area contributed by atoms with Gasteiger partial charge in [0.15, 0.2) is 0 Å². The molecule has 2 aliphatic carbocycles. The summed E-state index contributed by atoms with van der Waals surface area (Å²) in [4.78, 5) is 12.5. The molecule has 25 heavy (non-hydrogen) atoms. The van der Waals surface area contributed by atoms with Crippen molar-refractivity contribution in [2.24, 2.45) is 23.7 Å². The standard InChI is InChI=1S/C22H20O3/c1-2-24-22(23)21-16-9-8-15-17(16)11-18-14-6-4-3-5-13(14)7-10-20(18)25-12-19(15)21/h3-11,15-16,19,21H,2,12H2,1H3/b17-11-. The number of ether oxygens (including phenoxy) is 2. The molecule has 1 heterocycles. The number of esters is 1. The van der Waals surface area contributed by atoms with Gasteiger partial charge in [0.2, 0.25) is 0 Å². The predicted octanol–water partition coefficient (Wildman–Crippen LogP) is 4.23. The first-order valence-electron chi connectivity index (χ1n) is 8.99. The van der Waals surface area contributed by atoms with E-state index in [9.17, 15) is 4.79 Å². The normalized spacial score (nSPS) is 30.8. The van der Waals surface area contributed by atoms with E-state index in [4.69, 9.17) is 9.47 Å². The van der Waals surface area contributed by atoms with Crippen LogP contribution < -0.4 is 4.74 Å². The van der Waals surface area contributed by atoms with Crippen molar-refractivity contribution in [3.8, 4) is 5.75 Å². The lowest BCUT2D eigenvalue weighted by atomic mass is 9.83. The van der Waals surface area contributed by atoms with Gasteiger partial charge < -0.3 is 9.47 Å². The Morgan fingerprint density at radius 3 is 2.88 bits per heavy atom. The number of benzene rings is 2. The lowest BCUT2D eigenvalue weighted by molar-refractivity contribution is -0.151. The average Bonchev–Trinajstić information content (AvgIpc) is 3.15. The molecule has 0 amide bonds. The Morgan fingerprint density at radius 1 is 1.16 bits per heavy atom. The van der Waals surface area contributed by atoms with E-state index in [2.05, 4.69) is 48.6 Å². The molecule has 0 radical (unpaired) electrons. The lowest BCUT2D eigenvalue weighted by Gasteiger charge is -2.26. The quantitative estimate of drug-likeness (QED) is 0.610. The van der Waals surface area contributed by atoms with Crippen molar-refractivity contribution in [1.29, 1.82) is 0 Å². The Hall–Kier alpha value is -2.55. The summed E-state index contributed by atoms with van der Waals surface area (Å²) < 4.78 is 11.6. The summed E-state index contributed by atoms with van der Waals surface area (Å²) >= 11 is 0. The number of rotatable bonds is 2. The zero-order chi connectivity index (χ0) is 17.0. The third-order valence-corrected chi connectivity index (χ3v) is 5.84. The minimum atomic E-state index is -0.123. The van der Waals surface area contributed by atoms with Gasteiger partial charge in [0.05, 0.1) is 19.1 Å². The van der Waals surface area contributed by atoms with E-state index in [0.29, 0.717) is 13.2 Å². The highest BCUT2D eigenvalue weighted by atomic mass is 16.5. The molecule has 1 fully saturated rings. The topological polar surface area (TPSA) is 35.5 Å². The van der Waals surface area contributed by atoms with Crippen LogP contribution in [0.4, 0.5) is 0 Å². The van der Waals surface area contributed by atoms with Crippen LogP contribution in [-0.2, 0) is 9.53 Å². The van der Waals surface area contributed by atoms with Crippen LogP contribution in [0.1, 0.15) is 12.5 Å². The molecule has 0 N–H and O–H groups in total. The molecule has 3 nitrogen and oxygen atoms in total. The zero-order valence-corrected chi connectivity index (χ0v) is 14.1. The Kier molecular flexibility index (Phi) is 3.24. The van der Waals surface area contributed by atoms with Gasteiger partial charge in [-0.05, 0) is 23.8 Å². The van der Waals surface area contributed by atoms with Gasteiger partial charge in [-0.2, -0.15) is 0 Å². The fourth-order valence-corrected chi connectivity index (χ4v) is 4.75. The molecule has 1 aliphatic heterocycles. The van der Waals surface area contributed by atoms with E-state index < -0.39 is 0 Å². The van der Waals surface area contributed by atoms with Gasteiger partial charge in [-0.25, -0.2) is 0 Å². The largest absolute Gasteiger partial charge is 0.493 e. The van der Waals surface area contributed by atoms with Gasteiger partial charge in [-0.15, -0.1) is 0 Å². The highest BCUT2D eigenvalue weighted by Gasteiger charge is 2.52. The van der Waals surface area contributed by atoms with Crippen molar-refractivity contribution < 1.29 is 14.3 Å². The first-order chi connectivity index (χ1) is 12.3. The molecule has 0 spiro atoms. The number of hydrogen-bond donors (Lipinski definition) is 0. The summed E-state index contributed by atoms with van der Waals surface area (Å²) in [6, 6.07) is 12.5. The fourth-order valence-electron chi connectivity index (χ4n) is 4.75. The summed E-state index contributed by atoms with van der Waals surface area (Å²) in [6.45, 7) is 2.84.